The first-order valence-electron chi connectivity index (χ1n) is 5.04. The van der Waals surface area contributed by atoms with Gasteiger partial charge in [0.25, 0.3) is 10.1 Å². The molecule has 0 saturated heterocycles. The number of rotatable bonds is 9. The summed E-state index contributed by atoms with van der Waals surface area (Å²) in [5, 5.41) is 35.7. The fourth-order valence-electron chi connectivity index (χ4n) is 1.21. The number of hydrogen-bond donors (Lipinski definition) is 5. The summed E-state index contributed by atoms with van der Waals surface area (Å²) >= 11 is 0. The molecule has 0 aliphatic carbocycles. The van der Waals surface area contributed by atoms with Crippen molar-refractivity contribution in [1.29, 1.82) is 0 Å². The van der Waals surface area contributed by atoms with Crippen molar-refractivity contribution in [2.24, 2.45) is 0 Å². The second kappa shape index (κ2) is 7.93. The van der Waals surface area contributed by atoms with Crippen LogP contribution in [-0.2, 0) is 10.1 Å². The smallest absolute Gasteiger partial charge is 0.266 e. The summed E-state index contributed by atoms with van der Waals surface area (Å²) in [7, 11) is -4.13. The molecule has 0 heterocycles. The van der Waals surface area contributed by atoms with Crippen LogP contribution in [0.5, 0.6) is 0 Å². The van der Waals surface area contributed by atoms with Crippen molar-refractivity contribution in [2.75, 3.05) is 38.6 Å². The summed E-state index contributed by atoms with van der Waals surface area (Å²) in [6, 6.07) is 0. The summed E-state index contributed by atoms with van der Waals surface area (Å²) in [5.41, 5.74) is 0. The van der Waals surface area contributed by atoms with Crippen LogP contribution in [0.3, 0.4) is 0 Å². The predicted molar refractivity (Wildman–Crippen MR) is 59.0 cm³/mol. The Kier molecular flexibility index (Phi) is 7.79. The third-order valence-electron chi connectivity index (χ3n) is 2.02. The molecule has 17 heavy (non-hydrogen) atoms. The Morgan fingerprint density at radius 3 is 1.71 bits per heavy atom. The lowest BCUT2D eigenvalue weighted by Gasteiger charge is -2.25. The topological polar surface area (TPSA) is 139 Å². The molecule has 0 saturated carbocycles. The molecule has 9 heteroatoms. The Balaban J connectivity index is 4.29. The van der Waals surface area contributed by atoms with Crippen molar-refractivity contribution in [3.8, 4) is 0 Å². The minimum absolute atomic E-state index is 0.0664. The van der Waals surface area contributed by atoms with Crippen LogP contribution < -0.4 is 0 Å². The number of nitrogens with zero attached hydrogens (tertiary/aromatic N) is 1. The SMILES string of the molecule is O=S(=O)(O)CCN(CC(O)CO)CC(O)CO. The number of aliphatic hydroxyl groups excluding tert-OH is 4. The van der Waals surface area contributed by atoms with E-state index in [0.29, 0.717) is 0 Å². The largest absolute Gasteiger partial charge is 0.394 e. The molecule has 104 valence electrons. The van der Waals surface area contributed by atoms with Crippen molar-refractivity contribution in [3.63, 3.8) is 0 Å². The predicted octanol–water partition coefficient (Wildman–Crippen LogP) is -3.12. The maximum absolute atomic E-state index is 10.6. The third kappa shape index (κ3) is 9.41. The van der Waals surface area contributed by atoms with Gasteiger partial charge >= 0.3 is 0 Å². The van der Waals surface area contributed by atoms with Gasteiger partial charge < -0.3 is 20.4 Å². The molecule has 5 N–H and O–H groups in total. The van der Waals surface area contributed by atoms with Crippen LogP contribution in [0.15, 0.2) is 0 Å². The molecule has 0 aromatic heterocycles. The molecule has 0 bridgehead atoms. The van der Waals surface area contributed by atoms with Crippen molar-refractivity contribution in [1.82, 2.24) is 4.90 Å². The van der Waals surface area contributed by atoms with E-state index in [4.69, 9.17) is 14.8 Å². The van der Waals surface area contributed by atoms with Gasteiger partial charge in [0.05, 0.1) is 31.2 Å². The molecule has 0 amide bonds. The van der Waals surface area contributed by atoms with E-state index in [9.17, 15) is 18.6 Å². The first-order chi connectivity index (χ1) is 7.78. The Morgan fingerprint density at radius 2 is 1.41 bits per heavy atom. The molecule has 2 unspecified atom stereocenters. The Morgan fingerprint density at radius 1 is 1.00 bits per heavy atom. The van der Waals surface area contributed by atoms with E-state index in [-0.39, 0.29) is 19.6 Å². The minimum atomic E-state index is -4.13. The maximum atomic E-state index is 10.6. The van der Waals surface area contributed by atoms with Crippen molar-refractivity contribution >= 4 is 10.1 Å². The average molecular weight is 273 g/mol. The highest BCUT2D eigenvalue weighted by Gasteiger charge is 2.17. The second-order valence-electron chi connectivity index (χ2n) is 3.72. The van der Waals surface area contributed by atoms with E-state index in [0.717, 1.165) is 0 Å². The maximum Gasteiger partial charge on any atom is 0.266 e. The highest BCUT2D eigenvalue weighted by atomic mass is 32.2. The van der Waals surface area contributed by atoms with Crippen LogP contribution in [0, 0.1) is 0 Å². The zero-order valence-corrected chi connectivity index (χ0v) is 10.1. The van der Waals surface area contributed by atoms with Crippen molar-refractivity contribution < 1.29 is 33.4 Å². The molecular formula is C8H19NO7S. The molecule has 0 aromatic carbocycles. The normalized spacial score (nSPS) is 16.1. The van der Waals surface area contributed by atoms with Gasteiger partial charge in [-0.05, 0) is 0 Å². The molecule has 0 aromatic rings. The van der Waals surface area contributed by atoms with Crippen molar-refractivity contribution in [2.45, 2.75) is 12.2 Å². The van der Waals surface area contributed by atoms with Gasteiger partial charge in [-0.3, -0.25) is 9.45 Å². The second-order valence-corrected chi connectivity index (χ2v) is 5.29. The lowest BCUT2D eigenvalue weighted by atomic mass is 10.3. The summed E-state index contributed by atoms with van der Waals surface area (Å²) in [6.45, 7) is -1.26. The molecular weight excluding hydrogens is 254 g/mol. The van der Waals surface area contributed by atoms with Gasteiger partial charge in [0.15, 0.2) is 0 Å². The van der Waals surface area contributed by atoms with E-state index in [1.54, 1.807) is 0 Å². The summed E-state index contributed by atoms with van der Waals surface area (Å²) in [5.74, 6) is -0.552. The van der Waals surface area contributed by atoms with Crippen LogP contribution >= 0.6 is 0 Å². The van der Waals surface area contributed by atoms with Gasteiger partial charge in [-0.15, -0.1) is 0 Å². The lowest BCUT2D eigenvalue weighted by molar-refractivity contribution is 0.0254. The van der Waals surface area contributed by atoms with E-state index < -0.39 is 41.3 Å². The van der Waals surface area contributed by atoms with Crippen LogP contribution in [0.1, 0.15) is 0 Å². The van der Waals surface area contributed by atoms with E-state index in [2.05, 4.69) is 0 Å². The van der Waals surface area contributed by atoms with Crippen LogP contribution in [0.4, 0.5) is 0 Å². The van der Waals surface area contributed by atoms with E-state index >= 15 is 0 Å². The number of aliphatic hydroxyl groups is 4. The molecule has 8 nitrogen and oxygen atoms in total. The zero-order valence-electron chi connectivity index (χ0n) is 9.31. The molecule has 0 fully saturated rings. The quantitative estimate of drug-likeness (QED) is 0.278. The fraction of sp³-hybridized carbons (Fsp3) is 1.00. The molecule has 0 radical (unpaired) electrons. The molecule has 0 spiro atoms. The summed E-state index contributed by atoms with van der Waals surface area (Å²) in [4.78, 5) is 1.33. The first kappa shape index (κ1) is 16.7. The Hall–Kier alpha value is -0.290. The minimum Gasteiger partial charge on any atom is -0.394 e. The molecule has 0 aliphatic rings. The first-order valence-corrected chi connectivity index (χ1v) is 6.64. The van der Waals surface area contributed by atoms with Gasteiger partial charge in [-0.25, -0.2) is 0 Å². The summed E-state index contributed by atoms with van der Waals surface area (Å²) < 4.78 is 29.7. The van der Waals surface area contributed by atoms with Crippen molar-refractivity contribution in [3.05, 3.63) is 0 Å². The molecule has 0 rings (SSSR count). The highest BCUT2D eigenvalue weighted by molar-refractivity contribution is 7.85. The monoisotopic (exact) mass is 273 g/mol. The van der Waals surface area contributed by atoms with Crippen LogP contribution in [0.25, 0.3) is 0 Å². The van der Waals surface area contributed by atoms with Crippen LogP contribution in [0.2, 0.25) is 0 Å². The lowest BCUT2D eigenvalue weighted by Crippen LogP contribution is -2.42. The van der Waals surface area contributed by atoms with Gasteiger partial charge in [0.1, 0.15) is 0 Å². The standard InChI is InChI=1S/C8H19NO7S/c10-5-7(12)3-9(4-8(13)6-11)1-2-17(14,15)16/h7-8,10-13H,1-6H2,(H,14,15,16). The Labute approximate surface area is 99.9 Å². The molecule has 2 atom stereocenters. The fourth-order valence-corrected chi connectivity index (χ4v) is 1.70. The highest BCUT2D eigenvalue weighted by Crippen LogP contribution is 1.97. The van der Waals surface area contributed by atoms with Gasteiger partial charge in [-0.1, -0.05) is 0 Å². The van der Waals surface area contributed by atoms with Crippen LogP contribution in [-0.4, -0.2) is 89.1 Å². The average Bonchev–Trinajstić information content (AvgIpc) is 2.24. The molecule has 0 aliphatic heterocycles. The van der Waals surface area contributed by atoms with Gasteiger partial charge in [-0.2, -0.15) is 8.42 Å². The van der Waals surface area contributed by atoms with E-state index in [1.165, 1.54) is 4.90 Å². The zero-order chi connectivity index (χ0) is 13.5. The van der Waals surface area contributed by atoms with Gasteiger partial charge in [0, 0.05) is 19.6 Å². The number of hydrogen-bond acceptors (Lipinski definition) is 7. The third-order valence-corrected chi connectivity index (χ3v) is 2.72. The van der Waals surface area contributed by atoms with E-state index in [1.807, 2.05) is 0 Å². The van der Waals surface area contributed by atoms with Gasteiger partial charge in [0.2, 0.25) is 0 Å². The Bertz CT molecular complexity index is 282. The summed E-state index contributed by atoms with van der Waals surface area (Å²) in [6.07, 6.45) is -2.16.